The summed E-state index contributed by atoms with van der Waals surface area (Å²) in [6.45, 7) is 0. The van der Waals surface area contributed by atoms with Crippen LogP contribution in [-0.4, -0.2) is 31.8 Å². The molecule has 47 heavy (non-hydrogen) atoms. The fourth-order valence-electron chi connectivity index (χ4n) is 4.13. The molecule has 0 amide bonds. The van der Waals surface area contributed by atoms with Crippen molar-refractivity contribution >= 4 is 99.8 Å². The van der Waals surface area contributed by atoms with Crippen LogP contribution in [0.5, 0.6) is 0 Å². The number of nitrogens with zero attached hydrogens (tertiary/aromatic N) is 1. The molecule has 246 valence electrons. The van der Waals surface area contributed by atoms with Gasteiger partial charge in [-0.05, 0) is 36.4 Å². The molecule has 0 fully saturated rings. The number of aromatic nitrogens is 3. The maximum atomic E-state index is 13.9. The minimum absolute atomic E-state index is 0.0132. The Bertz CT molecular complexity index is 2430. The molecule has 3 aromatic carbocycles. The molecule has 0 aliphatic carbocycles. The number of halogens is 9. The van der Waals surface area contributed by atoms with Crippen LogP contribution in [0.15, 0.2) is 70.7 Å². The van der Waals surface area contributed by atoms with Gasteiger partial charge in [0.2, 0.25) is 5.95 Å². The number of benzene rings is 3. The number of H-pyrrole nitrogens is 2. The topological polar surface area (TPSA) is 137 Å². The third-order valence-electron chi connectivity index (χ3n) is 6.26. The lowest BCUT2D eigenvalue weighted by atomic mass is 10.2. The zero-order valence-corrected chi connectivity index (χ0v) is 27.2. The molecule has 0 unspecified atom stereocenters. The number of hydrogen-bond donors (Lipinski definition) is 4. The van der Waals surface area contributed by atoms with E-state index < -0.39 is 70.8 Å². The molecule has 0 radical (unpaired) electrons. The molecule has 4 N–H and O–H groups in total. The third kappa shape index (κ3) is 7.07. The van der Waals surface area contributed by atoms with Gasteiger partial charge in [-0.25, -0.2) is 34.4 Å². The summed E-state index contributed by atoms with van der Waals surface area (Å²) < 4.78 is 121. The van der Waals surface area contributed by atoms with Gasteiger partial charge in [-0.1, -0.05) is 46.4 Å². The molecule has 0 atom stereocenters. The van der Waals surface area contributed by atoms with E-state index >= 15 is 0 Å². The maximum absolute atomic E-state index is 13.9. The van der Waals surface area contributed by atoms with E-state index in [0.717, 1.165) is 6.20 Å². The largest absolute Gasteiger partial charge is 0.360 e. The SMILES string of the molecule is O=S(=O)(Nc1cc(F)c(Cl)cc1F)c1c[nH]c2c(F)c(Cl)ccc12.O=S(=O)(Nc1nc(F)c(Cl)cc1F)c1c[nH]c2cc(Cl)ccc12. The number of anilines is 2. The number of aromatic amines is 2. The lowest BCUT2D eigenvalue weighted by Crippen LogP contribution is -2.15. The van der Waals surface area contributed by atoms with Gasteiger partial charge in [0, 0.05) is 45.8 Å². The van der Waals surface area contributed by atoms with Crippen molar-refractivity contribution in [2.45, 2.75) is 9.79 Å². The summed E-state index contributed by atoms with van der Waals surface area (Å²) in [6.07, 6.45) is 2.24. The van der Waals surface area contributed by atoms with Crippen molar-refractivity contribution in [3.63, 3.8) is 0 Å². The first-order chi connectivity index (χ1) is 22.0. The first-order valence-electron chi connectivity index (χ1n) is 12.4. The molecule has 20 heteroatoms. The molecule has 0 saturated heterocycles. The second kappa shape index (κ2) is 13.0. The number of fused-ring (bicyclic) bond motifs is 2. The van der Waals surface area contributed by atoms with Crippen molar-refractivity contribution in [1.29, 1.82) is 0 Å². The second-order valence-corrected chi connectivity index (χ2v) is 14.3. The van der Waals surface area contributed by atoms with Gasteiger partial charge in [0.1, 0.15) is 21.4 Å². The number of nitrogens with one attached hydrogen (secondary N) is 4. The van der Waals surface area contributed by atoms with Crippen molar-refractivity contribution in [3.05, 3.63) is 110 Å². The molecule has 0 spiro atoms. The zero-order chi connectivity index (χ0) is 34.4. The third-order valence-corrected chi connectivity index (χ3v) is 10.1. The predicted molar refractivity (Wildman–Crippen MR) is 169 cm³/mol. The van der Waals surface area contributed by atoms with Gasteiger partial charge in [-0.3, -0.25) is 9.44 Å². The normalized spacial score (nSPS) is 11.9. The Morgan fingerprint density at radius 1 is 0.638 bits per heavy atom. The number of rotatable bonds is 6. The van der Waals surface area contributed by atoms with Crippen LogP contribution < -0.4 is 9.44 Å². The summed E-state index contributed by atoms with van der Waals surface area (Å²) in [5.41, 5.74) is -0.264. The van der Waals surface area contributed by atoms with E-state index in [9.17, 15) is 38.8 Å². The van der Waals surface area contributed by atoms with E-state index in [4.69, 9.17) is 46.4 Å². The summed E-state index contributed by atoms with van der Waals surface area (Å²) in [4.78, 5) is 7.87. The van der Waals surface area contributed by atoms with E-state index in [0.29, 0.717) is 34.1 Å². The molecule has 3 aromatic heterocycles. The minimum atomic E-state index is -4.32. The van der Waals surface area contributed by atoms with E-state index in [-0.39, 0.29) is 25.7 Å². The Labute approximate surface area is 281 Å². The fraction of sp³-hybridized carbons (Fsp3) is 0. The van der Waals surface area contributed by atoms with Gasteiger partial charge in [0.15, 0.2) is 17.5 Å². The summed E-state index contributed by atoms with van der Waals surface area (Å²) >= 11 is 22.2. The Morgan fingerprint density at radius 2 is 1.26 bits per heavy atom. The standard InChI is InChI=1S/C14H7Cl2F3N2O2S.C13H7Cl2F2N3O2S/c15-7-2-1-6-12(5-20-14(6)13(7)19)24(22,23)21-11-4-9(17)8(16)3-10(11)18;14-6-1-2-7-10(3-6)18-5-11(7)23(21,22)20-13-9(16)4-8(15)12(17)19-13/h1-5,20-21H;1-5,18H,(H,19,20). The predicted octanol–water partition coefficient (Wildman–Crippen LogP) is 8.64. The fourth-order valence-corrected chi connectivity index (χ4v) is 7.16. The van der Waals surface area contributed by atoms with Gasteiger partial charge in [0.25, 0.3) is 20.0 Å². The second-order valence-electron chi connectivity index (χ2n) is 9.33. The van der Waals surface area contributed by atoms with E-state index in [1.54, 1.807) is 0 Å². The summed E-state index contributed by atoms with van der Waals surface area (Å²) in [6, 6.07) is 8.92. The van der Waals surface area contributed by atoms with E-state index in [1.165, 1.54) is 36.5 Å². The van der Waals surface area contributed by atoms with Crippen LogP contribution in [0.1, 0.15) is 0 Å². The van der Waals surface area contributed by atoms with Crippen LogP contribution in [0.25, 0.3) is 21.8 Å². The van der Waals surface area contributed by atoms with Crippen LogP contribution in [-0.2, 0) is 20.0 Å². The molecule has 9 nitrogen and oxygen atoms in total. The van der Waals surface area contributed by atoms with E-state index in [1.807, 2.05) is 9.44 Å². The average Bonchev–Trinajstić information content (AvgIpc) is 3.62. The lowest BCUT2D eigenvalue weighted by Gasteiger charge is -2.09. The molecule has 0 aliphatic heterocycles. The van der Waals surface area contributed by atoms with E-state index in [2.05, 4.69) is 15.0 Å². The zero-order valence-electron chi connectivity index (χ0n) is 22.6. The number of sulfonamides is 2. The molecule has 6 rings (SSSR count). The Hall–Kier alpha value is -3.80. The molecule has 0 bridgehead atoms. The van der Waals surface area contributed by atoms with Crippen LogP contribution >= 0.6 is 46.4 Å². The highest BCUT2D eigenvalue weighted by Gasteiger charge is 2.24. The molecule has 0 aliphatic rings. The molecule has 6 aromatic rings. The molecule has 0 saturated carbocycles. The first kappa shape index (κ1) is 34.5. The Balaban J connectivity index is 0.000000185. The Morgan fingerprint density at radius 3 is 1.98 bits per heavy atom. The summed E-state index contributed by atoms with van der Waals surface area (Å²) in [7, 11) is -8.52. The highest BCUT2D eigenvalue weighted by molar-refractivity contribution is 7.93. The number of pyridine rings is 1. The van der Waals surface area contributed by atoms with Crippen LogP contribution in [0.4, 0.5) is 33.5 Å². The molecular weight excluding hydrogens is 759 g/mol. The summed E-state index contributed by atoms with van der Waals surface area (Å²) in [5, 5.41) is -0.446. The molecular formula is C27H14Cl4F5N5O4S2. The highest BCUT2D eigenvalue weighted by atomic mass is 35.5. The quantitative estimate of drug-likeness (QED) is 0.0764. The smallest absolute Gasteiger partial charge is 0.265 e. The van der Waals surface area contributed by atoms with Crippen molar-refractivity contribution in [1.82, 2.24) is 15.0 Å². The van der Waals surface area contributed by atoms with Gasteiger partial charge >= 0.3 is 0 Å². The van der Waals surface area contributed by atoms with Crippen molar-refractivity contribution < 1.29 is 38.8 Å². The monoisotopic (exact) mass is 771 g/mol. The molecule has 3 heterocycles. The Kier molecular flexibility index (Phi) is 9.56. The van der Waals surface area contributed by atoms with Gasteiger partial charge in [-0.15, -0.1) is 0 Å². The maximum Gasteiger partial charge on any atom is 0.265 e. The number of hydrogen-bond acceptors (Lipinski definition) is 5. The van der Waals surface area contributed by atoms with Gasteiger partial charge < -0.3 is 9.97 Å². The van der Waals surface area contributed by atoms with Crippen molar-refractivity contribution in [2.75, 3.05) is 9.44 Å². The van der Waals surface area contributed by atoms with Crippen molar-refractivity contribution in [3.8, 4) is 0 Å². The van der Waals surface area contributed by atoms with Crippen molar-refractivity contribution in [2.24, 2.45) is 0 Å². The van der Waals surface area contributed by atoms with Crippen LogP contribution in [0, 0.1) is 29.2 Å². The average molecular weight is 773 g/mol. The van der Waals surface area contributed by atoms with Crippen LogP contribution in [0.3, 0.4) is 0 Å². The summed E-state index contributed by atoms with van der Waals surface area (Å²) in [5.74, 6) is -5.93. The van der Waals surface area contributed by atoms with Crippen LogP contribution in [0.2, 0.25) is 20.1 Å². The first-order valence-corrected chi connectivity index (χ1v) is 16.9. The highest BCUT2D eigenvalue weighted by Crippen LogP contribution is 2.32. The minimum Gasteiger partial charge on any atom is -0.360 e. The van der Waals surface area contributed by atoms with Gasteiger partial charge in [-0.2, -0.15) is 9.37 Å². The van der Waals surface area contributed by atoms with Gasteiger partial charge in [0.05, 0.1) is 26.3 Å². The lowest BCUT2D eigenvalue weighted by molar-refractivity contribution is 0.564.